The zero-order chi connectivity index (χ0) is 14.2. The van der Waals surface area contributed by atoms with Gasteiger partial charge in [0.25, 0.3) is 0 Å². The van der Waals surface area contributed by atoms with Gasteiger partial charge in [0.05, 0.1) is 19.8 Å². The third-order valence-electron chi connectivity index (χ3n) is 3.57. The fraction of sp³-hybridized carbons (Fsp3) is 0.600. The molecule has 1 aliphatic rings. The molecular weight excluding hydrogens is 276 g/mol. The summed E-state index contributed by atoms with van der Waals surface area (Å²) in [6, 6.07) is 8.09. The number of halogens is 1. The molecule has 112 valence electrons. The Kier molecular flexibility index (Phi) is 6.76. The van der Waals surface area contributed by atoms with Gasteiger partial charge in [0, 0.05) is 44.3 Å². The van der Waals surface area contributed by atoms with E-state index in [0.717, 1.165) is 44.3 Å². The van der Waals surface area contributed by atoms with E-state index in [0.29, 0.717) is 13.2 Å². The number of ether oxygens (including phenoxy) is 1. The van der Waals surface area contributed by atoms with Gasteiger partial charge in [-0.25, -0.2) is 0 Å². The van der Waals surface area contributed by atoms with Crippen molar-refractivity contribution >= 4 is 11.6 Å². The summed E-state index contributed by atoms with van der Waals surface area (Å²) in [4.78, 5) is 4.88. The molecule has 1 saturated heterocycles. The molecule has 1 N–H and O–H groups in total. The minimum atomic E-state index is 0.106. The van der Waals surface area contributed by atoms with Crippen LogP contribution in [0.2, 0.25) is 5.02 Å². The van der Waals surface area contributed by atoms with Crippen LogP contribution in [0.4, 0.5) is 0 Å². The van der Waals surface area contributed by atoms with Crippen LogP contribution in [-0.2, 0) is 11.3 Å². The van der Waals surface area contributed by atoms with Crippen molar-refractivity contribution in [3.63, 3.8) is 0 Å². The first-order valence-corrected chi connectivity index (χ1v) is 7.53. The van der Waals surface area contributed by atoms with Crippen LogP contribution in [0.5, 0.6) is 0 Å². The maximum absolute atomic E-state index is 8.64. The number of hydrogen-bond donors (Lipinski definition) is 1. The molecule has 0 amide bonds. The molecule has 0 unspecified atom stereocenters. The Balaban J connectivity index is 1.65. The minimum Gasteiger partial charge on any atom is -0.394 e. The van der Waals surface area contributed by atoms with Crippen molar-refractivity contribution in [3.05, 3.63) is 34.9 Å². The number of aliphatic hydroxyl groups excluding tert-OH is 1. The summed E-state index contributed by atoms with van der Waals surface area (Å²) in [5, 5.41) is 9.43. The van der Waals surface area contributed by atoms with E-state index < -0.39 is 0 Å². The van der Waals surface area contributed by atoms with Crippen LogP contribution in [0.25, 0.3) is 0 Å². The molecule has 0 aliphatic carbocycles. The Bertz CT molecular complexity index is 378. The Labute approximate surface area is 125 Å². The SMILES string of the molecule is OCCOCCN1CCN(Cc2ccc(Cl)cc2)CC1. The van der Waals surface area contributed by atoms with E-state index in [9.17, 15) is 0 Å². The standard InChI is InChI=1S/C15H23ClN2O2/c16-15-3-1-14(2-4-15)13-18-7-5-17(6-8-18)9-11-20-12-10-19/h1-4,19H,5-13H2. The molecule has 0 radical (unpaired) electrons. The van der Waals surface area contributed by atoms with Crippen LogP contribution >= 0.6 is 11.6 Å². The maximum Gasteiger partial charge on any atom is 0.0698 e. The molecule has 0 spiro atoms. The van der Waals surface area contributed by atoms with Crippen LogP contribution < -0.4 is 0 Å². The molecular formula is C15H23ClN2O2. The Morgan fingerprint density at radius 1 is 1.00 bits per heavy atom. The lowest BCUT2D eigenvalue weighted by Crippen LogP contribution is -2.46. The fourth-order valence-electron chi connectivity index (χ4n) is 2.38. The number of piperazine rings is 1. The monoisotopic (exact) mass is 298 g/mol. The third kappa shape index (κ3) is 5.38. The van der Waals surface area contributed by atoms with Gasteiger partial charge in [0.2, 0.25) is 0 Å². The summed E-state index contributed by atoms with van der Waals surface area (Å²) < 4.78 is 5.30. The molecule has 0 aromatic heterocycles. The summed E-state index contributed by atoms with van der Waals surface area (Å²) in [5.74, 6) is 0. The number of benzene rings is 1. The molecule has 1 aromatic carbocycles. The largest absolute Gasteiger partial charge is 0.394 e. The van der Waals surface area contributed by atoms with E-state index in [-0.39, 0.29) is 6.61 Å². The Morgan fingerprint density at radius 2 is 1.65 bits per heavy atom. The molecule has 1 heterocycles. The topological polar surface area (TPSA) is 35.9 Å². The second kappa shape index (κ2) is 8.60. The summed E-state index contributed by atoms with van der Waals surface area (Å²) in [7, 11) is 0. The molecule has 0 saturated carbocycles. The van der Waals surface area contributed by atoms with Gasteiger partial charge in [-0.1, -0.05) is 23.7 Å². The predicted molar refractivity (Wildman–Crippen MR) is 81.1 cm³/mol. The molecule has 1 aromatic rings. The van der Waals surface area contributed by atoms with Gasteiger partial charge in [-0.15, -0.1) is 0 Å². The average Bonchev–Trinajstić information content (AvgIpc) is 2.48. The highest BCUT2D eigenvalue weighted by Gasteiger charge is 2.16. The van der Waals surface area contributed by atoms with Crippen molar-refractivity contribution in [2.75, 3.05) is 52.5 Å². The molecule has 0 bridgehead atoms. The Hall–Kier alpha value is -0.650. The van der Waals surface area contributed by atoms with E-state index in [4.69, 9.17) is 21.4 Å². The normalized spacial score (nSPS) is 17.5. The summed E-state index contributed by atoms with van der Waals surface area (Å²) >= 11 is 5.90. The van der Waals surface area contributed by atoms with Crippen molar-refractivity contribution in [1.29, 1.82) is 0 Å². The first-order chi connectivity index (χ1) is 9.78. The molecule has 0 atom stereocenters. The third-order valence-corrected chi connectivity index (χ3v) is 3.82. The van der Waals surface area contributed by atoms with Gasteiger partial charge in [-0.2, -0.15) is 0 Å². The van der Waals surface area contributed by atoms with Gasteiger partial charge in [0.15, 0.2) is 0 Å². The van der Waals surface area contributed by atoms with Crippen molar-refractivity contribution in [2.45, 2.75) is 6.54 Å². The second-order valence-electron chi connectivity index (χ2n) is 5.08. The van der Waals surface area contributed by atoms with Crippen LogP contribution in [0.15, 0.2) is 24.3 Å². The van der Waals surface area contributed by atoms with E-state index >= 15 is 0 Å². The quantitative estimate of drug-likeness (QED) is 0.773. The molecule has 2 rings (SSSR count). The van der Waals surface area contributed by atoms with E-state index in [1.807, 2.05) is 12.1 Å². The number of hydrogen-bond acceptors (Lipinski definition) is 4. The average molecular weight is 299 g/mol. The van der Waals surface area contributed by atoms with Gasteiger partial charge in [0.1, 0.15) is 0 Å². The summed E-state index contributed by atoms with van der Waals surface area (Å²) in [6.45, 7) is 7.53. The molecule has 4 nitrogen and oxygen atoms in total. The van der Waals surface area contributed by atoms with Gasteiger partial charge in [-0.3, -0.25) is 9.80 Å². The van der Waals surface area contributed by atoms with Crippen molar-refractivity contribution in [2.24, 2.45) is 0 Å². The zero-order valence-electron chi connectivity index (χ0n) is 11.8. The van der Waals surface area contributed by atoms with Crippen LogP contribution in [0, 0.1) is 0 Å². The summed E-state index contributed by atoms with van der Waals surface area (Å²) in [6.07, 6.45) is 0. The van der Waals surface area contributed by atoms with Gasteiger partial charge < -0.3 is 9.84 Å². The molecule has 1 aliphatic heterocycles. The maximum atomic E-state index is 8.64. The van der Waals surface area contributed by atoms with E-state index in [2.05, 4.69) is 21.9 Å². The molecule has 5 heteroatoms. The fourth-order valence-corrected chi connectivity index (χ4v) is 2.51. The van der Waals surface area contributed by atoms with Crippen LogP contribution in [-0.4, -0.2) is 67.5 Å². The van der Waals surface area contributed by atoms with Gasteiger partial charge in [-0.05, 0) is 17.7 Å². The lowest BCUT2D eigenvalue weighted by atomic mass is 10.2. The number of rotatable bonds is 7. The highest BCUT2D eigenvalue weighted by atomic mass is 35.5. The molecule has 1 fully saturated rings. The Morgan fingerprint density at radius 3 is 2.30 bits per heavy atom. The lowest BCUT2D eigenvalue weighted by molar-refractivity contribution is 0.0564. The van der Waals surface area contributed by atoms with Crippen molar-refractivity contribution < 1.29 is 9.84 Å². The van der Waals surface area contributed by atoms with E-state index in [1.54, 1.807) is 0 Å². The number of aliphatic hydroxyl groups is 1. The van der Waals surface area contributed by atoms with Gasteiger partial charge >= 0.3 is 0 Å². The highest BCUT2D eigenvalue weighted by Crippen LogP contribution is 2.12. The first kappa shape index (κ1) is 15.7. The first-order valence-electron chi connectivity index (χ1n) is 7.15. The predicted octanol–water partition coefficient (Wildman–Crippen LogP) is 1.47. The number of nitrogens with zero attached hydrogens (tertiary/aromatic N) is 2. The van der Waals surface area contributed by atoms with E-state index in [1.165, 1.54) is 5.56 Å². The summed E-state index contributed by atoms with van der Waals surface area (Å²) in [5.41, 5.74) is 1.31. The highest BCUT2D eigenvalue weighted by molar-refractivity contribution is 6.30. The minimum absolute atomic E-state index is 0.106. The van der Waals surface area contributed by atoms with Crippen LogP contribution in [0.1, 0.15) is 5.56 Å². The molecule has 20 heavy (non-hydrogen) atoms. The van der Waals surface area contributed by atoms with Crippen LogP contribution in [0.3, 0.4) is 0 Å². The van der Waals surface area contributed by atoms with Crippen molar-refractivity contribution in [3.8, 4) is 0 Å². The lowest BCUT2D eigenvalue weighted by Gasteiger charge is -2.34. The smallest absolute Gasteiger partial charge is 0.0698 e. The van der Waals surface area contributed by atoms with Crippen molar-refractivity contribution in [1.82, 2.24) is 9.80 Å². The second-order valence-corrected chi connectivity index (χ2v) is 5.52. The zero-order valence-corrected chi connectivity index (χ0v) is 12.6.